The third-order valence-corrected chi connectivity index (χ3v) is 6.17. The lowest BCUT2D eigenvalue weighted by Gasteiger charge is -2.20. The summed E-state index contributed by atoms with van der Waals surface area (Å²) in [4.78, 5) is 37.6. The number of carbonyl (C=O) groups is 2. The molecule has 0 saturated heterocycles. The van der Waals surface area contributed by atoms with E-state index in [9.17, 15) is 9.59 Å². The van der Waals surface area contributed by atoms with Crippen LogP contribution in [-0.4, -0.2) is 21.8 Å². The highest BCUT2D eigenvalue weighted by Crippen LogP contribution is 2.38. The number of nitrogens with zero attached hydrogens (tertiary/aromatic N) is 3. The molecule has 0 unspecified atom stereocenters. The van der Waals surface area contributed by atoms with Gasteiger partial charge in [0, 0.05) is 40.7 Å². The number of hydrogen-bond donors (Lipinski definition) is 0. The molecule has 1 aliphatic carbocycles. The van der Waals surface area contributed by atoms with Crippen molar-refractivity contribution in [2.75, 3.05) is 4.90 Å². The Morgan fingerprint density at radius 3 is 1.79 bits per heavy atom. The number of hydrogen-bond acceptors (Lipinski definition) is 4. The van der Waals surface area contributed by atoms with E-state index in [-0.39, 0.29) is 11.8 Å². The summed E-state index contributed by atoms with van der Waals surface area (Å²) in [5, 5.41) is 0. The first-order chi connectivity index (χ1) is 16.2. The molecule has 0 spiro atoms. The normalized spacial score (nSPS) is 15.0. The van der Waals surface area contributed by atoms with Crippen molar-refractivity contribution in [1.82, 2.24) is 9.97 Å². The van der Waals surface area contributed by atoms with Gasteiger partial charge in [-0.2, -0.15) is 0 Å². The maximum atomic E-state index is 13.3. The predicted octanol–water partition coefficient (Wildman–Crippen LogP) is 4.78. The Balaban J connectivity index is 1.48. The minimum Gasteiger partial charge on any atom is -0.269 e. The first-order valence-corrected chi connectivity index (χ1v) is 10.9. The van der Waals surface area contributed by atoms with Gasteiger partial charge in [0.15, 0.2) is 5.82 Å². The Hall–Kier alpha value is -4.38. The zero-order valence-corrected chi connectivity index (χ0v) is 17.7. The van der Waals surface area contributed by atoms with Gasteiger partial charge in [0.05, 0.1) is 17.1 Å². The molecule has 0 saturated carbocycles. The second-order valence-electron chi connectivity index (χ2n) is 8.15. The van der Waals surface area contributed by atoms with Crippen molar-refractivity contribution in [1.29, 1.82) is 0 Å². The van der Waals surface area contributed by atoms with Gasteiger partial charge in [-0.15, -0.1) is 0 Å². The van der Waals surface area contributed by atoms with E-state index < -0.39 is 0 Å². The van der Waals surface area contributed by atoms with Crippen molar-refractivity contribution in [2.24, 2.45) is 0 Å². The lowest BCUT2D eigenvalue weighted by Crippen LogP contribution is -2.31. The van der Waals surface area contributed by atoms with Crippen LogP contribution in [0.5, 0.6) is 0 Å². The highest BCUT2D eigenvalue weighted by molar-refractivity contribution is 6.33. The quantitative estimate of drug-likeness (QED) is 0.440. The second-order valence-corrected chi connectivity index (χ2v) is 8.15. The van der Waals surface area contributed by atoms with E-state index >= 15 is 0 Å². The summed E-state index contributed by atoms with van der Waals surface area (Å²) in [6.45, 7) is 0. The van der Waals surface area contributed by atoms with Gasteiger partial charge in [0.2, 0.25) is 0 Å². The van der Waals surface area contributed by atoms with Crippen molar-refractivity contribution in [3.8, 4) is 22.6 Å². The summed E-state index contributed by atoms with van der Waals surface area (Å²) in [5.74, 6) is 0.111. The number of carbonyl (C=O) groups excluding carboxylic acids is 2. The average Bonchev–Trinajstić information content (AvgIpc) is 3.12. The number of para-hydroxylation sites is 1. The summed E-state index contributed by atoms with van der Waals surface area (Å²) < 4.78 is 0. The summed E-state index contributed by atoms with van der Waals surface area (Å²) in [6, 6.07) is 28.8. The Labute approximate surface area is 191 Å². The highest BCUT2D eigenvalue weighted by atomic mass is 16.2. The molecule has 6 rings (SSSR count). The van der Waals surface area contributed by atoms with Gasteiger partial charge in [-0.3, -0.25) is 9.59 Å². The highest BCUT2D eigenvalue weighted by Gasteiger charge is 2.42. The zero-order chi connectivity index (χ0) is 22.4. The largest absolute Gasteiger partial charge is 0.269 e. The molecule has 0 atom stereocenters. The molecule has 0 fully saturated rings. The maximum absolute atomic E-state index is 13.3. The van der Waals surface area contributed by atoms with Crippen LogP contribution in [0.2, 0.25) is 0 Å². The Kier molecular flexibility index (Phi) is 4.47. The fraction of sp³-hybridized carbons (Fsp3) is 0.0714. The summed E-state index contributed by atoms with van der Waals surface area (Å²) >= 11 is 0. The molecule has 33 heavy (non-hydrogen) atoms. The fourth-order valence-electron chi connectivity index (χ4n) is 4.55. The minimum atomic E-state index is -0.256. The van der Waals surface area contributed by atoms with Gasteiger partial charge in [-0.1, -0.05) is 78.9 Å². The summed E-state index contributed by atoms with van der Waals surface area (Å²) in [6.07, 6.45) is 0.665. The fourth-order valence-corrected chi connectivity index (χ4v) is 4.55. The SMILES string of the molecule is O=C1C2=C(Cc3c(nc(-c4ccccc4)nc3-c3ccccc3)C2)C(=O)N1c1ccccc1. The average molecular weight is 429 g/mol. The Morgan fingerprint density at radius 2 is 1.15 bits per heavy atom. The van der Waals surface area contributed by atoms with E-state index in [4.69, 9.17) is 9.97 Å². The first-order valence-electron chi connectivity index (χ1n) is 10.9. The van der Waals surface area contributed by atoms with Gasteiger partial charge < -0.3 is 0 Å². The van der Waals surface area contributed by atoms with Crippen LogP contribution >= 0.6 is 0 Å². The molecular formula is C28H19N3O2. The molecule has 4 aromatic rings. The van der Waals surface area contributed by atoms with Crippen molar-refractivity contribution < 1.29 is 9.59 Å². The van der Waals surface area contributed by atoms with Crippen LogP contribution in [-0.2, 0) is 22.4 Å². The molecule has 0 bridgehead atoms. The van der Waals surface area contributed by atoms with Gasteiger partial charge >= 0.3 is 0 Å². The van der Waals surface area contributed by atoms with Crippen LogP contribution in [0.4, 0.5) is 5.69 Å². The first kappa shape index (κ1) is 19.3. The van der Waals surface area contributed by atoms with Crippen LogP contribution in [0.25, 0.3) is 22.6 Å². The maximum Gasteiger partial charge on any atom is 0.262 e. The van der Waals surface area contributed by atoms with Crippen molar-refractivity contribution in [3.63, 3.8) is 0 Å². The van der Waals surface area contributed by atoms with Crippen LogP contribution in [0.3, 0.4) is 0 Å². The molecule has 158 valence electrons. The topological polar surface area (TPSA) is 63.2 Å². The van der Waals surface area contributed by atoms with Gasteiger partial charge in [0.1, 0.15) is 0 Å². The van der Waals surface area contributed by atoms with Crippen molar-refractivity contribution in [3.05, 3.63) is 113 Å². The van der Waals surface area contributed by atoms with Gasteiger partial charge in [0.25, 0.3) is 11.8 Å². The molecule has 2 amide bonds. The van der Waals surface area contributed by atoms with Crippen LogP contribution < -0.4 is 4.90 Å². The Morgan fingerprint density at radius 1 is 0.606 bits per heavy atom. The van der Waals surface area contributed by atoms with E-state index in [1.807, 2.05) is 78.9 Å². The van der Waals surface area contributed by atoms with Crippen LogP contribution in [0.1, 0.15) is 11.3 Å². The molecule has 5 nitrogen and oxygen atoms in total. The molecule has 0 N–H and O–H groups in total. The molecule has 1 aliphatic heterocycles. The monoisotopic (exact) mass is 429 g/mol. The summed E-state index contributed by atoms with van der Waals surface area (Å²) in [5.41, 5.74) is 6.08. The number of fused-ring (bicyclic) bond motifs is 1. The van der Waals surface area contributed by atoms with Crippen LogP contribution in [0, 0.1) is 0 Å². The van der Waals surface area contributed by atoms with E-state index in [2.05, 4.69) is 0 Å². The minimum absolute atomic E-state index is 0.252. The third-order valence-electron chi connectivity index (χ3n) is 6.17. The third kappa shape index (κ3) is 3.17. The number of aromatic nitrogens is 2. The molecule has 5 heteroatoms. The van der Waals surface area contributed by atoms with Crippen LogP contribution in [0.15, 0.2) is 102 Å². The van der Waals surface area contributed by atoms with E-state index in [0.29, 0.717) is 35.5 Å². The molecular weight excluding hydrogens is 410 g/mol. The number of amides is 2. The number of imide groups is 1. The molecule has 2 aliphatic rings. The Bertz CT molecular complexity index is 1430. The molecule has 3 aromatic carbocycles. The lowest BCUT2D eigenvalue weighted by molar-refractivity contribution is -0.120. The van der Waals surface area contributed by atoms with Crippen molar-refractivity contribution >= 4 is 17.5 Å². The number of anilines is 1. The van der Waals surface area contributed by atoms with Gasteiger partial charge in [-0.25, -0.2) is 14.9 Å². The van der Waals surface area contributed by atoms with E-state index in [1.54, 1.807) is 12.1 Å². The number of rotatable bonds is 3. The number of benzene rings is 3. The van der Waals surface area contributed by atoms with Crippen molar-refractivity contribution in [2.45, 2.75) is 12.8 Å². The molecule has 1 aromatic heterocycles. The lowest BCUT2D eigenvalue weighted by atomic mass is 9.87. The standard InChI is InChI=1S/C28H19N3O2/c32-27-21-16-23-24(17-22(21)28(33)31(27)20-14-8-3-9-15-20)29-26(19-12-6-2-7-13-19)30-25(23)18-10-4-1-5-11-18/h1-15H,16-17H2. The smallest absolute Gasteiger partial charge is 0.262 e. The van der Waals surface area contributed by atoms with E-state index in [0.717, 1.165) is 28.1 Å². The second kappa shape index (κ2) is 7.64. The molecule has 2 heterocycles. The van der Waals surface area contributed by atoms with Gasteiger partial charge in [-0.05, 0) is 12.1 Å². The summed E-state index contributed by atoms with van der Waals surface area (Å²) in [7, 11) is 0. The van der Waals surface area contributed by atoms with E-state index in [1.165, 1.54) is 4.90 Å². The zero-order valence-electron chi connectivity index (χ0n) is 17.7. The molecule has 0 radical (unpaired) electrons. The predicted molar refractivity (Wildman–Crippen MR) is 126 cm³/mol.